The van der Waals surface area contributed by atoms with Gasteiger partial charge >= 0.3 is 6.18 Å². The van der Waals surface area contributed by atoms with Crippen LogP contribution in [0.5, 0.6) is 5.75 Å². The van der Waals surface area contributed by atoms with Gasteiger partial charge in [-0.25, -0.2) is 9.97 Å². The fourth-order valence-corrected chi connectivity index (χ4v) is 2.77. The lowest BCUT2D eigenvalue weighted by Gasteiger charge is -2.31. The third kappa shape index (κ3) is 4.25. The molecular weight excluding hydrogens is 357 g/mol. The molecule has 0 fully saturated rings. The Labute approximate surface area is 147 Å². The van der Waals surface area contributed by atoms with Crippen LogP contribution < -0.4 is 15.0 Å². The number of nitrogens with one attached hydrogen (secondary N) is 1. The first-order valence-corrected chi connectivity index (χ1v) is 8.13. The van der Waals surface area contributed by atoms with Gasteiger partial charge in [0.1, 0.15) is 23.7 Å². The Hall–Kier alpha value is -2.22. The van der Waals surface area contributed by atoms with E-state index in [0.29, 0.717) is 32.3 Å². The third-order valence-electron chi connectivity index (χ3n) is 3.79. The zero-order valence-electron chi connectivity index (χ0n) is 13.2. The number of anilines is 2. The summed E-state index contributed by atoms with van der Waals surface area (Å²) in [5.41, 5.74) is 0.0726. The Morgan fingerprint density at radius 2 is 2.08 bits per heavy atom. The quantitative estimate of drug-likeness (QED) is 0.638. The number of alkyl halides is 3. The standard InChI is InChI=1S/C16H16ClF3N4O/c17-15-22-10-11(16(18,19)20)14(23-15)21-6-3-7-24-8-9-25-13-5-2-1-4-12(13)24/h1-2,4-5,10H,3,6-9H2,(H,21,22,23). The van der Waals surface area contributed by atoms with Crippen molar-refractivity contribution in [3.05, 3.63) is 41.3 Å². The molecule has 3 rings (SSSR count). The monoisotopic (exact) mass is 372 g/mol. The van der Waals surface area contributed by atoms with Gasteiger partial charge < -0.3 is 15.0 Å². The number of benzene rings is 1. The normalized spacial score (nSPS) is 14.0. The van der Waals surface area contributed by atoms with Crippen molar-refractivity contribution in [3.8, 4) is 5.75 Å². The second-order valence-corrected chi connectivity index (χ2v) is 5.82. The van der Waals surface area contributed by atoms with Crippen LogP contribution in [0.1, 0.15) is 12.0 Å². The molecule has 0 spiro atoms. The van der Waals surface area contributed by atoms with Crippen molar-refractivity contribution in [3.63, 3.8) is 0 Å². The van der Waals surface area contributed by atoms with Crippen LogP contribution in [0.4, 0.5) is 24.7 Å². The van der Waals surface area contributed by atoms with Gasteiger partial charge in [0.2, 0.25) is 5.28 Å². The molecule has 2 aromatic rings. The predicted octanol–water partition coefficient (Wildman–Crippen LogP) is 3.85. The van der Waals surface area contributed by atoms with Crippen molar-refractivity contribution in [2.45, 2.75) is 12.6 Å². The lowest BCUT2D eigenvalue weighted by Crippen LogP contribution is -2.34. The number of para-hydroxylation sites is 2. The molecule has 1 aliphatic rings. The van der Waals surface area contributed by atoms with Crippen LogP contribution in [0.2, 0.25) is 5.28 Å². The summed E-state index contributed by atoms with van der Waals surface area (Å²) in [5, 5.41) is 2.49. The lowest BCUT2D eigenvalue weighted by molar-refractivity contribution is -0.137. The van der Waals surface area contributed by atoms with E-state index in [1.165, 1.54) is 0 Å². The highest BCUT2D eigenvalue weighted by atomic mass is 35.5. The summed E-state index contributed by atoms with van der Waals surface area (Å²) in [5.74, 6) is 0.526. The number of aromatic nitrogens is 2. The van der Waals surface area contributed by atoms with E-state index in [1.807, 2.05) is 24.3 Å². The summed E-state index contributed by atoms with van der Waals surface area (Å²) in [6, 6.07) is 7.70. The summed E-state index contributed by atoms with van der Waals surface area (Å²) >= 11 is 5.61. The highest BCUT2D eigenvalue weighted by Gasteiger charge is 2.35. The Kier molecular flexibility index (Phi) is 5.17. The average Bonchev–Trinajstić information content (AvgIpc) is 2.58. The predicted molar refractivity (Wildman–Crippen MR) is 89.3 cm³/mol. The molecule has 0 radical (unpaired) electrons. The molecule has 5 nitrogen and oxygen atoms in total. The minimum absolute atomic E-state index is 0.224. The first-order valence-electron chi connectivity index (χ1n) is 7.75. The smallest absolute Gasteiger partial charge is 0.421 e. The molecule has 0 unspecified atom stereocenters. The number of hydrogen-bond acceptors (Lipinski definition) is 5. The molecule has 25 heavy (non-hydrogen) atoms. The Morgan fingerprint density at radius 3 is 2.88 bits per heavy atom. The molecule has 0 aliphatic carbocycles. The van der Waals surface area contributed by atoms with Crippen LogP contribution in [0.25, 0.3) is 0 Å². The molecule has 1 aliphatic heterocycles. The fraction of sp³-hybridized carbons (Fsp3) is 0.375. The van der Waals surface area contributed by atoms with Crippen molar-refractivity contribution >= 4 is 23.1 Å². The lowest BCUT2D eigenvalue weighted by atomic mass is 10.2. The number of hydrogen-bond donors (Lipinski definition) is 1. The van der Waals surface area contributed by atoms with Gasteiger partial charge in [-0.05, 0) is 30.2 Å². The van der Waals surface area contributed by atoms with E-state index < -0.39 is 11.7 Å². The van der Waals surface area contributed by atoms with Gasteiger partial charge in [-0.1, -0.05) is 12.1 Å². The summed E-state index contributed by atoms with van der Waals surface area (Å²) in [6.45, 7) is 2.35. The second kappa shape index (κ2) is 7.35. The van der Waals surface area contributed by atoms with E-state index in [4.69, 9.17) is 16.3 Å². The topological polar surface area (TPSA) is 50.3 Å². The maximum absolute atomic E-state index is 13.0. The highest BCUT2D eigenvalue weighted by molar-refractivity contribution is 6.28. The van der Waals surface area contributed by atoms with E-state index >= 15 is 0 Å². The van der Waals surface area contributed by atoms with Gasteiger partial charge in [-0.15, -0.1) is 0 Å². The summed E-state index contributed by atoms with van der Waals surface area (Å²) in [7, 11) is 0. The Bertz CT molecular complexity index is 742. The number of ether oxygens (including phenoxy) is 1. The molecule has 0 saturated heterocycles. The number of nitrogens with zero attached hydrogens (tertiary/aromatic N) is 3. The van der Waals surface area contributed by atoms with Gasteiger partial charge in [-0.2, -0.15) is 13.2 Å². The zero-order valence-corrected chi connectivity index (χ0v) is 13.9. The number of halogens is 4. The Morgan fingerprint density at radius 1 is 1.28 bits per heavy atom. The largest absolute Gasteiger partial charge is 0.490 e. The van der Waals surface area contributed by atoms with E-state index in [2.05, 4.69) is 20.2 Å². The average molecular weight is 373 g/mol. The van der Waals surface area contributed by atoms with Crippen LogP contribution in [0, 0.1) is 0 Å². The molecule has 0 amide bonds. The van der Waals surface area contributed by atoms with E-state index in [9.17, 15) is 13.2 Å². The van der Waals surface area contributed by atoms with Crippen LogP contribution in [-0.2, 0) is 6.18 Å². The van der Waals surface area contributed by atoms with Crippen LogP contribution in [0.3, 0.4) is 0 Å². The van der Waals surface area contributed by atoms with Crippen molar-refractivity contribution in [2.24, 2.45) is 0 Å². The summed E-state index contributed by atoms with van der Waals surface area (Å²) in [4.78, 5) is 9.21. The van der Waals surface area contributed by atoms with Crippen molar-refractivity contribution in [1.29, 1.82) is 0 Å². The second-order valence-electron chi connectivity index (χ2n) is 5.48. The Balaban J connectivity index is 1.59. The van der Waals surface area contributed by atoms with Gasteiger partial charge in [0.15, 0.2) is 0 Å². The van der Waals surface area contributed by atoms with E-state index in [0.717, 1.165) is 18.0 Å². The van der Waals surface area contributed by atoms with Gasteiger partial charge in [0.05, 0.1) is 12.2 Å². The molecule has 0 atom stereocenters. The van der Waals surface area contributed by atoms with E-state index in [-0.39, 0.29) is 11.1 Å². The molecule has 0 saturated carbocycles. The molecule has 1 aromatic carbocycles. The molecule has 1 aromatic heterocycles. The van der Waals surface area contributed by atoms with Gasteiger partial charge in [0, 0.05) is 19.3 Å². The number of fused-ring (bicyclic) bond motifs is 1. The molecule has 1 N–H and O–H groups in total. The molecule has 0 bridgehead atoms. The molecule has 2 heterocycles. The summed E-state index contributed by atoms with van der Waals surface area (Å²) < 4.78 is 44.5. The number of rotatable bonds is 5. The fourth-order valence-electron chi connectivity index (χ4n) is 2.64. The van der Waals surface area contributed by atoms with Crippen LogP contribution >= 0.6 is 11.6 Å². The van der Waals surface area contributed by atoms with Gasteiger partial charge in [-0.3, -0.25) is 0 Å². The molecule has 134 valence electrons. The zero-order chi connectivity index (χ0) is 17.9. The minimum Gasteiger partial charge on any atom is -0.490 e. The molecular formula is C16H16ClF3N4O. The van der Waals surface area contributed by atoms with Crippen molar-refractivity contribution < 1.29 is 17.9 Å². The first-order chi connectivity index (χ1) is 11.9. The van der Waals surface area contributed by atoms with Gasteiger partial charge in [0.25, 0.3) is 0 Å². The minimum atomic E-state index is -4.53. The van der Waals surface area contributed by atoms with Crippen LogP contribution in [0.15, 0.2) is 30.5 Å². The maximum Gasteiger partial charge on any atom is 0.421 e. The van der Waals surface area contributed by atoms with E-state index in [1.54, 1.807) is 0 Å². The van der Waals surface area contributed by atoms with Crippen molar-refractivity contribution in [2.75, 3.05) is 36.5 Å². The van der Waals surface area contributed by atoms with Crippen LogP contribution in [-0.4, -0.2) is 36.2 Å². The third-order valence-corrected chi connectivity index (χ3v) is 3.97. The highest BCUT2D eigenvalue weighted by Crippen LogP contribution is 2.34. The maximum atomic E-state index is 13.0. The summed E-state index contributed by atoms with van der Waals surface area (Å²) in [6.07, 6.45) is -3.21. The first kappa shape index (κ1) is 17.6. The van der Waals surface area contributed by atoms with Crippen molar-refractivity contribution in [1.82, 2.24) is 9.97 Å². The SMILES string of the molecule is FC(F)(F)c1cnc(Cl)nc1NCCCN1CCOc2ccccc21. The molecule has 9 heteroatoms.